The van der Waals surface area contributed by atoms with Gasteiger partial charge in [0, 0.05) is 10.2 Å². The molecule has 0 spiro atoms. The third kappa shape index (κ3) is 3.30. The molecule has 106 valence electrons. The minimum absolute atomic E-state index is 0.230. The third-order valence-electron chi connectivity index (χ3n) is 2.76. The summed E-state index contributed by atoms with van der Waals surface area (Å²) in [5, 5.41) is 2.81. The lowest BCUT2D eigenvalue weighted by Crippen LogP contribution is -2.06. The van der Waals surface area contributed by atoms with Crippen LogP contribution >= 0.6 is 15.9 Å². The van der Waals surface area contributed by atoms with E-state index in [1.54, 1.807) is 13.0 Å². The second-order valence-electron chi connectivity index (χ2n) is 4.28. The Morgan fingerprint density at radius 1 is 1.00 bits per heavy atom. The summed E-state index contributed by atoms with van der Waals surface area (Å²) < 4.78 is 51.7. The molecule has 0 unspecified atom stereocenters. The van der Waals surface area contributed by atoms with Crippen molar-refractivity contribution in [3.63, 3.8) is 0 Å². The average molecular weight is 348 g/mol. The van der Waals surface area contributed by atoms with Gasteiger partial charge >= 0.3 is 6.18 Å². The number of hydrogen-bond acceptors (Lipinski definition) is 1. The van der Waals surface area contributed by atoms with Crippen LogP contribution in [0.5, 0.6) is 0 Å². The molecule has 1 N–H and O–H groups in total. The van der Waals surface area contributed by atoms with E-state index in [-0.39, 0.29) is 5.69 Å². The first-order chi connectivity index (χ1) is 9.27. The topological polar surface area (TPSA) is 12.0 Å². The zero-order valence-corrected chi connectivity index (χ0v) is 11.9. The molecular weight excluding hydrogens is 338 g/mol. The van der Waals surface area contributed by atoms with Gasteiger partial charge in [-0.25, -0.2) is 4.39 Å². The molecule has 0 fully saturated rings. The highest BCUT2D eigenvalue weighted by Crippen LogP contribution is 2.35. The Balaban J connectivity index is 2.40. The van der Waals surface area contributed by atoms with Crippen LogP contribution in [-0.2, 0) is 6.18 Å². The normalized spacial score (nSPS) is 11.5. The van der Waals surface area contributed by atoms with Gasteiger partial charge < -0.3 is 5.32 Å². The van der Waals surface area contributed by atoms with Gasteiger partial charge in [-0.05, 0) is 58.7 Å². The van der Waals surface area contributed by atoms with E-state index < -0.39 is 17.6 Å². The van der Waals surface area contributed by atoms with Gasteiger partial charge in [-0.3, -0.25) is 0 Å². The first kappa shape index (κ1) is 14.8. The zero-order chi connectivity index (χ0) is 14.9. The number of aryl methyl sites for hydroxylation is 1. The van der Waals surface area contributed by atoms with Crippen LogP contribution in [0.15, 0.2) is 40.9 Å². The van der Waals surface area contributed by atoms with Crippen molar-refractivity contribution in [3.05, 3.63) is 57.8 Å². The summed E-state index contributed by atoms with van der Waals surface area (Å²) in [5.41, 5.74) is 0.617. The number of alkyl halides is 3. The van der Waals surface area contributed by atoms with E-state index in [1.807, 2.05) is 0 Å². The van der Waals surface area contributed by atoms with Gasteiger partial charge in [0.15, 0.2) is 0 Å². The molecule has 0 aliphatic carbocycles. The summed E-state index contributed by atoms with van der Waals surface area (Å²) >= 11 is 3.17. The number of nitrogens with one attached hydrogen (secondary N) is 1. The minimum atomic E-state index is -4.42. The van der Waals surface area contributed by atoms with Gasteiger partial charge in [-0.1, -0.05) is 6.07 Å². The number of hydrogen-bond donors (Lipinski definition) is 1. The largest absolute Gasteiger partial charge is 0.416 e. The van der Waals surface area contributed by atoms with Crippen LogP contribution < -0.4 is 5.32 Å². The molecule has 0 aromatic heterocycles. The Morgan fingerprint density at radius 3 is 2.35 bits per heavy atom. The van der Waals surface area contributed by atoms with Gasteiger partial charge in [-0.15, -0.1) is 0 Å². The predicted octanol–water partition coefficient (Wildman–Crippen LogP) is 5.66. The van der Waals surface area contributed by atoms with Crippen molar-refractivity contribution >= 4 is 27.3 Å². The standard InChI is InChI=1S/C14H10BrF4N/c1-8-2-4-10(16)7-12(8)20-13-6-9(14(17,18)19)3-5-11(13)15/h2-7,20H,1H3. The van der Waals surface area contributed by atoms with E-state index in [4.69, 9.17) is 0 Å². The number of anilines is 2. The second kappa shape index (κ2) is 5.44. The molecule has 2 rings (SSSR count). The van der Waals surface area contributed by atoms with Crippen LogP contribution in [0.2, 0.25) is 0 Å². The molecule has 0 saturated heterocycles. The fourth-order valence-corrected chi connectivity index (χ4v) is 2.02. The van der Waals surface area contributed by atoms with Crippen LogP contribution in [0, 0.1) is 12.7 Å². The number of rotatable bonds is 2. The first-order valence-corrected chi connectivity index (χ1v) is 6.46. The fourth-order valence-electron chi connectivity index (χ4n) is 1.67. The molecule has 0 saturated carbocycles. The summed E-state index contributed by atoms with van der Waals surface area (Å²) in [5.74, 6) is -0.457. The van der Waals surface area contributed by atoms with E-state index in [2.05, 4.69) is 21.2 Å². The molecule has 6 heteroatoms. The summed E-state index contributed by atoms with van der Waals surface area (Å²) in [6.07, 6.45) is -4.42. The van der Waals surface area contributed by atoms with Crippen molar-refractivity contribution in [1.82, 2.24) is 0 Å². The molecule has 0 aliphatic heterocycles. The van der Waals surface area contributed by atoms with Gasteiger partial charge in [0.25, 0.3) is 0 Å². The van der Waals surface area contributed by atoms with Gasteiger partial charge in [0.1, 0.15) is 5.82 Å². The highest BCUT2D eigenvalue weighted by atomic mass is 79.9. The summed E-state index contributed by atoms with van der Waals surface area (Å²) in [6.45, 7) is 1.74. The van der Waals surface area contributed by atoms with Crippen molar-refractivity contribution < 1.29 is 17.6 Å². The maximum atomic E-state index is 13.2. The SMILES string of the molecule is Cc1ccc(F)cc1Nc1cc(C(F)(F)F)ccc1Br. The minimum Gasteiger partial charge on any atom is -0.354 e. The van der Waals surface area contributed by atoms with Crippen LogP contribution in [-0.4, -0.2) is 0 Å². The average Bonchev–Trinajstić information content (AvgIpc) is 2.35. The second-order valence-corrected chi connectivity index (χ2v) is 5.13. The monoisotopic (exact) mass is 347 g/mol. The molecular formula is C14H10BrF4N. The van der Waals surface area contributed by atoms with E-state index in [1.165, 1.54) is 18.2 Å². The summed E-state index contributed by atoms with van der Waals surface area (Å²) in [7, 11) is 0. The van der Waals surface area contributed by atoms with Crippen LogP contribution in [0.1, 0.15) is 11.1 Å². The van der Waals surface area contributed by atoms with Gasteiger partial charge in [0.2, 0.25) is 0 Å². The quantitative estimate of drug-likeness (QED) is 0.691. The lowest BCUT2D eigenvalue weighted by Gasteiger charge is -2.14. The summed E-state index contributed by atoms with van der Waals surface area (Å²) in [4.78, 5) is 0. The Kier molecular flexibility index (Phi) is 4.04. The van der Waals surface area contributed by atoms with E-state index in [9.17, 15) is 17.6 Å². The van der Waals surface area contributed by atoms with Crippen molar-refractivity contribution in [2.45, 2.75) is 13.1 Å². The molecule has 0 radical (unpaired) electrons. The van der Waals surface area contributed by atoms with E-state index >= 15 is 0 Å². The Labute approximate surface area is 121 Å². The van der Waals surface area contributed by atoms with Crippen molar-refractivity contribution in [3.8, 4) is 0 Å². The third-order valence-corrected chi connectivity index (χ3v) is 3.45. The maximum Gasteiger partial charge on any atom is 0.416 e. The molecule has 2 aromatic rings. The lowest BCUT2D eigenvalue weighted by molar-refractivity contribution is -0.137. The molecule has 0 heterocycles. The molecule has 0 aliphatic rings. The molecule has 20 heavy (non-hydrogen) atoms. The molecule has 0 amide bonds. The fraction of sp³-hybridized carbons (Fsp3) is 0.143. The lowest BCUT2D eigenvalue weighted by atomic mass is 10.1. The van der Waals surface area contributed by atoms with Crippen molar-refractivity contribution in [2.24, 2.45) is 0 Å². The smallest absolute Gasteiger partial charge is 0.354 e. The predicted molar refractivity (Wildman–Crippen MR) is 73.6 cm³/mol. The molecule has 0 atom stereocenters. The van der Waals surface area contributed by atoms with Crippen molar-refractivity contribution in [2.75, 3.05) is 5.32 Å². The highest BCUT2D eigenvalue weighted by Gasteiger charge is 2.30. The van der Waals surface area contributed by atoms with Crippen LogP contribution in [0.25, 0.3) is 0 Å². The van der Waals surface area contributed by atoms with E-state index in [0.717, 1.165) is 17.7 Å². The van der Waals surface area contributed by atoms with Crippen LogP contribution in [0.4, 0.5) is 28.9 Å². The van der Waals surface area contributed by atoms with Crippen LogP contribution in [0.3, 0.4) is 0 Å². The molecule has 1 nitrogen and oxygen atoms in total. The highest BCUT2D eigenvalue weighted by molar-refractivity contribution is 9.10. The Morgan fingerprint density at radius 2 is 1.70 bits per heavy atom. The maximum absolute atomic E-state index is 13.2. The summed E-state index contributed by atoms with van der Waals surface area (Å²) in [6, 6.07) is 7.35. The van der Waals surface area contributed by atoms with Gasteiger partial charge in [-0.2, -0.15) is 13.2 Å². The first-order valence-electron chi connectivity index (χ1n) is 5.67. The molecule has 2 aromatic carbocycles. The number of benzene rings is 2. The zero-order valence-electron chi connectivity index (χ0n) is 10.4. The number of halogens is 5. The van der Waals surface area contributed by atoms with Crippen molar-refractivity contribution in [1.29, 1.82) is 0 Å². The van der Waals surface area contributed by atoms with Gasteiger partial charge in [0.05, 0.1) is 11.3 Å². The Bertz CT molecular complexity index is 638. The Hall–Kier alpha value is -1.56. The molecule has 0 bridgehead atoms. The van der Waals surface area contributed by atoms with E-state index in [0.29, 0.717) is 10.2 Å².